The molecule has 1 fully saturated rings. The molecule has 49 heavy (non-hydrogen) atoms. The smallest absolute Gasteiger partial charge is 0.353 e. The zero-order valence-corrected chi connectivity index (χ0v) is 29.6. The molecule has 0 radical (unpaired) electrons. The van der Waals surface area contributed by atoms with Crippen molar-refractivity contribution in [1.29, 1.82) is 0 Å². The minimum absolute atomic E-state index is 0.195. The number of hydrogen-bond donors (Lipinski definition) is 1. The van der Waals surface area contributed by atoms with Gasteiger partial charge in [0.05, 0.1) is 13.3 Å². The van der Waals surface area contributed by atoms with E-state index in [9.17, 15) is 36.1 Å². The summed E-state index contributed by atoms with van der Waals surface area (Å²) in [4.78, 5) is 24.3. The first kappa shape index (κ1) is 41.3. The third-order valence-corrected chi connectivity index (χ3v) is 9.47. The van der Waals surface area contributed by atoms with Gasteiger partial charge >= 0.3 is 19.5 Å². The number of methoxy groups -OCH3 is 1. The van der Waals surface area contributed by atoms with Gasteiger partial charge in [0.1, 0.15) is 16.7 Å². The number of para-hydroxylation sites is 1. The standard InChI is InChI=1S/C26H19F5NO6PS.C4H8O.2C2H6/c1-13(25(33)36-2)32-39(35,38-16-6-4-3-5-7-16)12-14-8-9-17-15(10-14)11-18(40-17)26(34)37-24-22(30)20(28)19(27)21(29)23(24)31;1-2-4-5-3-1;2*1-2/h3-11,13H,12H2,1-2H3,(H,32,35);1-4H2;2*1-2H3. The Bertz CT molecular complexity index is 1700. The normalized spacial score (nSPS) is 13.7. The maximum atomic E-state index is 13.9. The van der Waals surface area contributed by atoms with Gasteiger partial charge in [0.2, 0.25) is 34.8 Å². The fraction of sp³-hybridized carbons (Fsp3) is 0.353. The lowest BCUT2D eigenvalue weighted by Gasteiger charge is -2.23. The highest BCUT2D eigenvalue weighted by Gasteiger charge is 2.32. The van der Waals surface area contributed by atoms with Crippen LogP contribution < -0.4 is 14.3 Å². The maximum absolute atomic E-state index is 13.9. The Labute approximate surface area is 286 Å². The average molecular weight is 732 g/mol. The van der Waals surface area contributed by atoms with E-state index in [4.69, 9.17) is 9.26 Å². The number of fused-ring (bicyclic) bond motifs is 1. The predicted molar refractivity (Wildman–Crippen MR) is 179 cm³/mol. The van der Waals surface area contributed by atoms with E-state index in [2.05, 4.69) is 14.6 Å². The average Bonchev–Trinajstić information content (AvgIpc) is 3.84. The van der Waals surface area contributed by atoms with Gasteiger partial charge in [-0.2, -0.15) is 8.78 Å². The van der Waals surface area contributed by atoms with Crippen LogP contribution in [0.5, 0.6) is 11.5 Å². The fourth-order valence-corrected chi connectivity index (χ4v) is 7.10. The fourth-order valence-electron chi connectivity index (χ4n) is 4.14. The largest absolute Gasteiger partial charge is 0.468 e. The van der Waals surface area contributed by atoms with Crippen LogP contribution in [0.25, 0.3) is 10.1 Å². The van der Waals surface area contributed by atoms with E-state index in [0.717, 1.165) is 24.6 Å². The molecular formula is C34H39F5NO7PS. The molecule has 2 heterocycles. The highest BCUT2D eigenvalue weighted by atomic mass is 32.1. The quantitative estimate of drug-likeness (QED) is 0.0454. The third kappa shape index (κ3) is 11.4. The Morgan fingerprint density at radius 1 is 0.878 bits per heavy atom. The van der Waals surface area contributed by atoms with Crippen molar-refractivity contribution in [3.8, 4) is 11.5 Å². The van der Waals surface area contributed by atoms with Crippen molar-refractivity contribution in [3.63, 3.8) is 0 Å². The number of nitrogens with one attached hydrogen (secondary N) is 1. The third-order valence-electron chi connectivity index (χ3n) is 6.31. The number of carbonyl (C=O) groups is 2. The molecule has 1 saturated heterocycles. The minimum Gasteiger partial charge on any atom is -0.468 e. The molecule has 15 heteroatoms. The molecule has 1 N–H and O–H groups in total. The highest BCUT2D eigenvalue weighted by Crippen LogP contribution is 2.47. The van der Waals surface area contributed by atoms with E-state index >= 15 is 0 Å². The molecule has 0 saturated carbocycles. The summed E-state index contributed by atoms with van der Waals surface area (Å²) in [5, 5.41) is 3.12. The van der Waals surface area contributed by atoms with Gasteiger partial charge in [0.15, 0.2) is 0 Å². The van der Waals surface area contributed by atoms with Gasteiger partial charge < -0.3 is 18.7 Å². The van der Waals surface area contributed by atoms with Crippen LogP contribution in [-0.4, -0.2) is 38.3 Å². The first-order valence-corrected chi connectivity index (χ1v) is 18.1. The Balaban J connectivity index is 0.000000822. The summed E-state index contributed by atoms with van der Waals surface area (Å²) >= 11 is 0.837. The van der Waals surface area contributed by atoms with Crippen molar-refractivity contribution in [2.45, 2.75) is 59.7 Å². The van der Waals surface area contributed by atoms with E-state index in [1.54, 1.807) is 48.5 Å². The molecule has 2 unspecified atom stereocenters. The Morgan fingerprint density at radius 2 is 1.45 bits per heavy atom. The summed E-state index contributed by atoms with van der Waals surface area (Å²) in [6.45, 7) is 11.5. The van der Waals surface area contributed by atoms with Gasteiger partial charge in [0.25, 0.3) is 0 Å². The number of benzene rings is 3. The van der Waals surface area contributed by atoms with Gasteiger partial charge in [-0.3, -0.25) is 9.36 Å². The SMILES string of the molecule is C1CCOC1.CC.CC.COC(=O)C(C)NP(=O)(Cc1ccc2sc(C(=O)Oc3c(F)c(F)c(F)c(F)c3F)cc2c1)Oc1ccccc1. The van der Waals surface area contributed by atoms with Crippen molar-refractivity contribution in [3.05, 3.63) is 94.1 Å². The predicted octanol–water partition coefficient (Wildman–Crippen LogP) is 9.59. The van der Waals surface area contributed by atoms with E-state index in [1.165, 1.54) is 32.9 Å². The van der Waals surface area contributed by atoms with Gasteiger partial charge in [-0.05, 0) is 61.0 Å². The summed E-state index contributed by atoms with van der Waals surface area (Å²) in [5.41, 5.74) is 0.466. The minimum atomic E-state index is -3.77. The van der Waals surface area contributed by atoms with Crippen molar-refractivity contribution in [1.82, 2.24) is 5.09 Å². The molecule has 3 aromatic carbocycles. The molecule has 0 aliphatic carbocycles. The van der Waals surface area contributed by atoms with E-state index < -0.39 is 60.3 Å². The second kappa shape index (κ2) is 20.0. The van der Waals surface area contributed by atoms with Gasteiger partial charge in [0, 0.05) is 17.9 Å². The number of halogens is 5. The molecule has 1 aromatic heterocycles. The van der Waals surface area contributed by atoms with Crippen molar-refractivity contribution >= 4 is 40.9 Å². The molecule has 4 aromatic rings. The number of hydrogen-bond acceptors (Lipinski definition) is 8. The molecule has 8 nitrogen and oxygen atoms in total. The zero-order chi connectivity index (χ0) is 36.7. The number of thiophene rings is 1. The van der Waals surface area contributed by atoms with Gasteiger partial charge in [-0.15, -0.1) is 11.3 Å². The molecule has 0 bridgehead atoms. The summed E-state index contributed by atoms with van der Waals surface area (Å²) in [7, 11) is -2.59. The lowest BCUT2D eigenvalue weighted by Crippen LogP contribution is -2.34. The molecular weight excluding hydrogens is 692 g/mol. The van der Waals surface area contributed by atoms with Gasteiger partial charge in [-0.25, -0.2) is 23.1 Å². The highest BCUT2D eigenvalue weighted by molar-refractivity contribution is 7.56. The summed E-state index contributed by atoms with van der Waals surface area (Å²) in [6, 6.07) is 13.3. The van der Waals surface area contributed by atoms with Crippen molar-refractivity contribution in [2.75, 3.05) is 20.3 Å². The van der Waals surface area contributed by atoms with Crippen LogP contribution in [0, 0.1) is 29.1 Å². The van der Waals surface area contributed by atoms with Crippen LogP contribution in [0.2, 0.25) is 0 Å². The first-order chi connectivity index (χ1) is 23.4. The molecule has 5 rings (SSSR count). The van der Waals surface area contributed by atoms with Gasteiger partial charge in [-0.1, -0.05) is 52.0 Å². The zero-order valence-electron chi connectivity index (χ0n) is 27.9. The molecule has 1 aliphatic heterocycles. The van der Waals surface area contributed by atoms with Crippen LogP contribution in [0.4, 0.5) is 22.0 Å². The Morgan fingerprint density at radius 3 is 1.98 bits per heavy atom. The number of carbonyl (C=O) groups excluding carboxylic acids is 2. The maximum Gasteiger partial charge on any atom is 0.353 e. The molecule has 0 spiro atoms. The lowest BCUT2D eigenvalue weighted by molar-refractivity contribution is -0.142. The topological polar surface area (TPSA) is 100 Å². The summed E-state index contributed by atoms with van der Waals surface area (Å²) < 4.78 is 102. The molecule has 0 amide bonds. The van der Waals surface area contributed by atoms with E-state index in [0.29, 0.717) is 15.6 Å². The summed E-state index contributed by atoms with van der Waals surface area (Å²) in [6.07, 6.45) is 2.36. The Hall–Kier alpha value is -3.84. The summed E-state index contributed by atoms with van der Waals surface area (Å²) in [5.74, 6) is -14.9. The van der Waals surface area contributed by atoms with E-state index in [1.807, 2.05) is 27.7 Å². The first-order valence-electron chi connectivity index (χ1n) is 15.5. The molecule has 2 atom stereocenters. The number of esters is 2. The van der Waals surface area contributed by atoms with Crippen molar-refractivity contribution < 1.29 is 54.8 Å². The Kier molecular flexibility index (Phi) is 16.9. The molecule has 1 aliphatic rings. The van der Waals surface area contributed by atoms with E-state index in [-0.39, 0.29) is 16.8 Å². The second-order valence-electron chi connectivity index (χ2n) is 9.70. The molecule has 268 valence electrons. The second-order valence-corrected chi connectivity index (χ2v) is 12.9. The van der Waals surface area contributed by atoms with Crippen LogP contribution in [0.1, 0.15) is 62.7 Å². The van der Waals surface area contributed by atoms with Crippen LogP contribution in [-0.2, 0) is 25.0 Å². The van der Waals surface area contributed by atoms with Crippen molar-refractivity contribution in [2.24, 2.45) is 0 Å². The number of ether oxygens (including phenoxy) is 3. The monoisotopic (exact) mass is 731 g/mol. The van der Waals surface area contributed by atoms with Crippen LogP contribution >= 0.6 is 18.9 Å². The van der Waals surface area contributed by atoms with Crippen LogP contribution in [0.15, 0.2) is 54.6 Å². The number of rotatable bonds is 9. The lowest BCUT2D eigenvalue weighted by atomic mass is 10.2. The van der Waals surface area contributed by atoms with Crippen LogP contribution in [0.3, 0.4) is 0 Å².